The molecule has 0 atom stereocenters. The second-order valence-corrected chi connectivity index (χ2v) is 9.25. The summed E-state index contributed by atoms with van der Waals surface area (Å²) >= 11 is 1.63. The van der Waals surface area contributed by atoms with Gasteiger partial charge in [-0.15, -0.1) is 11.3 Å². The number of thiazole rings is 1. The summed E-state index contributed by atoms with van der Waals surface area (Å²) in [6, 6.07) is 17.9. The van der Waals surface area contributed by atoms with E-state index in [1.807, 2.05) is 40.7 Å². The number of benzene rings is 2. The number of carbonyl (C=O) groups excluding carboxylic acids is 1. The molecule has 4 heterocycles. The molecule has 164 valence electrons. The van der Waals surface area contributed by atoms with Gasteiger partial charge in [-0.1, -0.05) is 24.3 Å². The third kappa shape index (κ3) is 3.59. The van der Waals surface area contributed by atoms with E-state index in [9.17, 15) is 4.79 Å². The maximum Gasteiger partial charge on any atom is 0.254 e. The van der Waals surface area contributed by atoms with Crippen LogP contribution in [0.15, 0.2) is 70.8 Å². The van der Waals surface area contributed by atoms with Crippen LogP contribution in [-0.2, 0) is 0 Å². The molecule has 1 saturated heterocycles. The molecular weight excluding hydrogens is 432 g/mol. The summed E-state index contributed by atoms with van der Waals surface area (Å²) < 4.78 is 6.80. The van der Waals surface area contributed by atoms with Gasteiger partial charge in [-0.3, -0.25) is 4.79 Å². The average molecular weight is 455 g/mol. The van der Waals surface area contributed by atoms with E-state index in [2.05, 4.69) is 41.2 Å². The lowest BCUT2D eigenvalue weighted by Crippen LogP contribution is -2.47. The molecule has 0 aliphatic carbocycles. The lowest BCUT2D eigenvalue weighted by molar-refractivity contribution is 0.0666. The normalized spacial score (nSPS) is 14.9. The highest BCUT2D eigenvalue weighted by Gasteiger charge is 2.24. The topological polar surface area (TPSA) is 62.5 Å². The summed E-state index contributed by atoms with van der Waals surface area (Å²) in [6.07, 6.45) is 1.63. The molecule has 0 radical (unpaired) electrons. The summed E-state index contributed by atoms with van der Waals surface area (Å²) in [5.41, 5.74) is 6.94. The minimum Gasteiger partial charge on any atom is -0.463 e. The number of aromatic nitrogens is 2. The van der Waals surface area contributed by atoms with Crippen molar-refractivity contribution in [2.45, 2.75) is 0 Å². The van der Waals surface area contributed by atoms with Crippen molar-refractivity contribution in [3.63, 3.8) is 0 Å². The van der Waals surface area contributed by atoms with E-state index < -0.39 is 0 Å². The molecule has 0 bridgehead atoms. The van der Waals surface area contributed by atoms with Gasteiger partial charge in [0.15, 0.2) is 5.76 Å². The molecule has 0 unspecified atom stereocenters. The Morgan fingerprint density at radius 1 is 1.03 bits per heavy atom. The van der Waals surface area contributed by atoms with Gasteiger partial charge in [0.2, 0.25) is 0 Å². The molecule has 5 aromatic rings. The Balaban J connectivity index is 1.55. The fourth-order valence-electron chi connectivity index (χ4n) is 4.41. The van der Waals surface area contributed by atoms with E-state index in [0.29, 0.717) is 17.0 Å². The van der Waals surface area contributed by atoms with Crippen LogP contribution >= 0.6 is 11.3 Å². The maximum atomic E-state index is 13.7. The summed E-state index contributed by atoms with van der Waals surface area (Å²) in [5, 5.41) is 0.852. The van der Waals surface area contributed by atoms with Crippen molar-refractivity contribution in [1.82, 2.24) is 19.8 Å². The molecule has 0 N–H and O–H groups in total. The van der Waals surface area contributed by atoms with Crippen molar-refractivity contribution in [3.8, 4) is 22.6 Å². The number of nitrogens with zero attached hydrogens (tertiary/aromatic N) is 4. The first kappa shape index (κ1) is 20.1. The highest BCUT2D eigenvalue weighted by Crippen LogP contribution is 2.34. The van der Waals surface area contributed by atoms with Crippen LogP contribution in [0, 0.1) is 0 Å². The second kappa shape index (κ2) is 8.10. The molecule has 7 heteroatoms. The van der Waals surface area contributed by atoms with E-state index in [0.717, 1.165) is 58.4 Å². The number of fused-ring (bicyclic) bond motifs is 2. The van der Waals surface area contributed by atoms with Gasteiger partial charge in [0.25, 0.3) is 5.91 Å². The number of hydrogen-bond acceptors (Lipinski definition) is 6. The minimum atomic E-state index is 0.0374. The van der Waals surface area contributed by atoms with Gasteiger partial charge in [0, 0.05) is 37.1 Å². The van der Waals surface area contributed by atoms with Gasteiger partial charge in [-0.25, -0.2) is 9.97 Å². The number of likely N-dealkylation sites (N-methyl/N-ethyl adjacent to an activating group) is 1. The molecular formula is C26H22N4O2S. The Hall–Kier alpha value is -3.55. The zero-order valence-electron chi connectivity index (χ0n) is 18.2. The molecule has 1 aliphatic heterocycles. The van der Waals surface area contributed by atoms with Crippen LogP contribution in [-0.4, -0.2) is 58.9 Å². The molecule has 6 rings (SSSR count). The number of pyridine rings is 1. The Morgan fingerprint density at radius 3 is 2.73 bits per heavy atom. The minimum absolute atomic E-state index is 0.0374. The third-order valence-corrected chi connectivity index (χ3v) is 7.09. The van der Waals surface area contributed by atoms with Crippen LogP contribution in [0.5, 0.6) is 0 Å². The third-order valence-electron chi connectivity index (χ3n) is 6.28. The van der Waals surface area contributed by atoms with Crippen molar-refractivity contribution < 1.29 is 9.21 Å². The Morgan fingerprint density at radius 2 is 1.91 bits per heavy atom. The van der Waals surface area contributed by atoms with Crippen LogP contribution in [0.25, 0.3) is 43.7 Å². The Kier molecular flexibility index (Phi) is 4.93. The van der Waals surface area contributed by atoms with E-state index >= 15 is 0 Å². The summed E-state index contributed by atoms with van der Waals surface area (Å²) in [6.45, 7) is 3.18. The molecule has 1 fully saturated rings. The summed E-state index contributed by atoms with van der Waals surface area (Å²) in [5.74, 6) is 0.685. The molecule has 0 saturated carbocycles. The monoisotopic (exact) mass is 454 g/mol. The van der Waals surface area contributed by atoms with Crippen LogP contribution in [0.2, 0.25) is 0 Å². The zero-order chi connectivity index (χ0) is 22.4. The number of rotatable bonds is 3. The molecule has 1 aliphatic rings. The molecule has 2 aromatic carbocycles. The first-order valence-corrected chi connectivity index (χ1v) is 11.8. The molecule has 1 amide bonds. The van der Waals surface area contributed by atoms with E-state index in [1.54, 1.807) is 17.6 Å². The number of hydrogen-bond donors (Lipinski definition) is 0. The number of piperazine rings is 1. The van der Waals surface area contributed by atoms with Crippen molar-refractivity contribution >= 4 is 38.4 Å². The lowest BCUT2D eigenvalue weighted by Gasteiger charge is -2.32. The molecule has 3 aromatic heterocycles. The summed E-state index contributed by atoms with van der Waals surface area (Å²) in [7, 11) is 2.09. The van der Waals surface area contributed by atoms with E-state index in [-0.39, 0.29) is 5.91 Å². The zero-order valence-corrected chi connectivity index (χ0v) is 19.0. The fraction of sp³-hybridized carbons (Fsp3) is 0.192. The number of amides is 1. The molecule has 6 nitrogen and oxygen atoms in total. The number of furan rings is 1. The highest BCUT2D eigenvalue weighted by molar-refractivity contribution is 7.16. The van der Waals surface area contributed by atoms with Crippen LogP contribution < -0.4 is 0 Å². The largest absolute Gasteiger partial charge is 0.463 e. The smallest absolute Gasteiger partial charge is 0.254 e. The molecule has 0 spiro atoms. The first-order chi connectivity index (χ1) is 16.2. The van der Waals surface area contributed by atoms with Gasteiger partial charge in [0.1, 0.15) is 5.69 Å². The predicted octanol–water partition coefficient (Wildman–Crippen LogP) is 5.16. The Bertz CT molecular complexity index is 1470. The van der Waals surface area contributed by atoms with Crippen molar-refractivity contribution in [2.75, 3.05) is 33.2 Å². The second-order valence-electron chi connectivity index (χ2n) is 8.36. The average Bonchev–Trinajstić information content (AvgIpc) is 3.55. The van der Waals surface area contributed by atoms with E-state index in [4.69, 9.17) is 9.40 Å². The van der Waals surface area contributed by atoms with Crippen LogP contribution in [0.4, 0.5) is 0 Å². The predicted molar refractivity (Wildman–Crippen MR) is 131 cm³/mol. The van der Waals surface area contributed by atoms with Gasteiger partial charge < -0.3 is 14.2 Å². The lowest BCUT2D eigenvalue weighted by atomic mass is 9.97. The fourth-order valence-corrected chi connectivity index (χ4v) is 5.07. The van der Waals surface area contributed by atoms with Gasteiger partial charge in [-0.05, 0) is 42.9 Å². The highest BCUT2D eigenvalue weighted by atomic mass is 32.1. The van der Waals surface area contributed by atoms with Gasteiger partial charge in [0.05, 0.1) is 33.1 Å². The quantitative estimate of drug-likeness (QED) is 0.377. The van der Waals surface area contributed by atoms with Crippen molar-refractivity contribution in [3.05, 3.63) is 71.9 Å². The van der Waals surface area contributed by atoms with Crippen LogP contribution in [0.3, 0.4) is 0 Å². The number of carbonyl (C=O) groups is 1. The van der Waals surface area contributed by atoms with Crippen molar-refractivity contribution in [1.29, 1.82) is 0 Å². The van der Waals surface area contributed by atoms with Gasteiger partial charge in [-0.2, -0.15) is 0 Å². The Labute approximate surface area is 195 Å². The number of para-hydroxylation sites is 1. The van der Waals surface area contributed by atoms with Crippen molar-refractivity contribution in [2.24, 2.45) is 0 Å². The molecule has 33 heavy (non-hydrogen) atoms. The van der Waals surface area contributed by atoms with E-state index in [1.165, 1.54) is 0 Å². The summed E-state index contributed by atoms with van der Waals surface area (Å²) in [4.78, 5) is 27.3. The SMILES string of the molecule is CN1CCN(C(=O)c2cc(-c3ccco3)nc3c(-c4ccc5scnc5c4)cccc23)CC1. The van der Waals surface area contributed by atoms with Crippen LogP contribution in [0.1, 0.15) is 10.4 Å². The first-order valence-electron chi connectivity index (χ1n) is 11.0. The standard InChI is InChI=1S/C26H22N4O2S/c1-29-9-11-30(12-10-29)26(31)20-15-21(23-6-3-13-32-23)28-25-18(4-2-5-19(20)25)17-7-8-24-22(14-17)27-16-33-24/h2-8,13-16H,9-12H2,1H3. The maximum absolute atomic E-state index is 13.7. The van der Waals surface area contributed by atoms with Gasteiger partial charge >= 0.3 is 0 Å².